The Labute approximate surface area is 114 Å². The summed E-state index contributed by atoms with van der Waals surface area (Å²) in [6.45, 7) is 7.26. The summed E-state index contributed by atoms with van der Waals surface area (Å²) < 4.78 is 2.03. The maximum absolute atomic E-state index is 4.49. The van der Waals surface area contributed by atoms with Gasteiger partial charge < -0.3 is 5.32 Å². The van der Waals surface area contributed by atoms with Gasteiger partial charge in [0.25, 0.3) is 0 Å². The normalized spacial score (nSPS) is 11.2. The number of imidazole rings is 1. The van der Waals surface area contributed by atoms with E-state index in [0.717, 1.165) is 31.0 Å². The van der Waals surface area contributed by atoms with Crippen LogP contribution >= 0.6 is 0 Å². The van der Waals surface area contributed by atoms with E-state index in [1.165, 1.54) is 5.56 Å². The van der Waals surface area contributed by atoms with E-state index in [9.17, 15) is 0 Å². The van der Waals surface area contributed by atoms with Crippen LogP contribution in [0.25, 0.3) is 5.82 Å². The molecule has 0 aromatic carbocycles. The van der Waals surface area contributed by atoms with Gasteiger partial charge in [-0.1, -0.05) is 19.9 Å². The Morgan fingerprint density at radius 3 is 2.63 bits per heavy atom. The summed E-state index contributed by atoms with van der Waals surface area (Å²) in [6, 6.07) is 4.67. The number of nitrogens with one attached hydrogen (secondary N) is 1. The molecule has 102 valence electrons. The topological polar surface area (TPSA) is 42.7 Å². The first-order chi connectivity index (χ1) is 9.26. The van der Waals surface area contributed by atoms with Gasteiger partial charge >= 0.3 is 0 Å². The zero-order valence-electron chi connectivity index (χ0n) is 11.9. The van der Waals surface area contributed by atoms with Gasteiger partial charge in [-0.25, -0.2) is 9.97 Å². The van der Waals surface area contributed by atoms with Gasteiger partial charge in [-0.15, -0.1) is 0 Å². The molecule has 0 amide bonds. The Morgan fingerprint density at radius 1 is 1.21 bits per heavy atom. The van der Waals surface area contributed by atoms with E-state index in [0.29, 0.717) is 6.04 Å². The molecule has 2 heterocycles. The molecule has 0 bridgehead atoms. The van der Waals surface area contributed by atoms with Crippen LogP contribution in [0.3, 0.4) is 0 Å². The average Bonchev–Trinajstić information content (AvgIpc) is 2.86. The molecule has 19 heavy (non-hydrogen) atoms. The van der Waals surface area contributed by atoms with Crippen LogP contribution in [0.1, 0.15) is 38.1 Å². The largest absolute Gasteiger partial charge is 0.310 e. The molecule has 1 N–H and O–H groups in total. The molecule has 0 aliphatic rings. The first-order valence-corrected chi connectivity index (χ1v) is 6.93. The maximum atomic E-state index is 4.49. The van der Waals surface area contributed by atoms with E-state index in [2.05, 4.69) is 35.2 Å². The van der Waals surface area contributed by atoms with Crippen LogP contribution in [0.15, 0.2) is 30.7 Å². The first-order valence-electron chi connectivity index (χ1n) is 6.93. The predicted molar refractivity (Wildman–Crippen MR) is 77.3 cm³/mol. The molecule has 0 saturated heterocycles. The summed E-state index contributed by atoms with van der Waals surface area (Å²) in [5, 5.41) is 3.58. The van der Waals surface area contributed by atoms with Gasteiger partial charge in [0, 0.05) is 36.7 Å². The van der Waals surface area contributed by atoms with E-state index in [1.807, 2.05) is 36.1 Å². The van der Waals surface area contributed by atoms with Crippen LogP contribution in [-0.4, -0.2) is 20.6 Å². The highest BCUT2D eigenvalue weighted by atomic mass is 15.1. The van der Waals surface area contributed by atoms with Crippen molar-refractivity contribution in [3.63, 3.8) is 0 Å². The van der Waals surface area contributed by atoms with Crippen molar-refractivity contribution in [2.45, 2.75) is 46.2 Å². The standard InChI is InChI=1S/C15H22N4/c1-4-14(5-2)18-11-13-7-6-8-17-15(13)19-10-9-16-12(19)3/h6-10,14,18H,4-5,11H2,1-3H3. The van der Waals surface area contributed by atoms with Crippen molar-refractivity contribution in [3.8, 4) is 5.82 Å². The van der Waals surface area contributed by atoms with Crippen LogP contribution in [0.2, 0.25) is 0 Å². The van der Waals surface area contributed by atoms with Gasteiger partial charge in [0.2, 0.25) is 0 Å². The van der Waals surface area contributed by atoms with E-state index in [4.69, 9.17) is 0 Å². The Morgan fingerprint density at radius 2 is 2.00 bits per heavy atom. The molecule has 0 aliphatic heterocycles. The first kappa shape index (κ1) is 13.7. The summed E-state index contributed by atoms with van der Waals surface area (Å²) in [5.74, 6) is 1.93. The van der Waals surface area contributed by atoms with Gasteiger partial charge in [-0.2, -0.15) is 0 Å². The Kier molecular flexibility index (Phi) is 4.68. The molecule has 4 heteroatoms. The summed E-state index contributed by atoms with van der Waals surface area (Å²) in [4.78, 5) is 8.76. The second kappa shape index (κ2) is 6.48. The van der Waals surface area contributed by atoms with Crippen LogP contribution < -0.4 is 5.32 Å². The smallest absolute Gasteiger partial charge is 0.142 e. The molecule has 0 unspecified atom stereocenters. The summed E-state index contributed by atoms with van der Waals surface area (Å²) in [5.41, 5.74) is 1.20. The Hall–Kier alpha value is -1.68. The zero-order chi connectivity index (χ0) is 13.7. The van der Waals surface area contributed by atoms with Crippen molar-refractivity contribution < 1.29 is 0 Å². The maximum Gasteiger partial charge on any atom is 0.142 e. The van der Waals surface area contributed by atoms with E-state index in [-0.39, 0.29) is 0 Å². The lowest BCUT2D eigenvalue weighted by molar-refractivity contribution is 0.483. The molecule has 2 aromatic heterocycles. The second-order valence-corrected chi connectivity index (χ2v) is 4.72. The van der Waals surface area contributed by atoms with Crippen molar-refractivity contribution >= 4 is 0 Å². The molecule has 2 rings (SSSR count). The SMILES string of the molecule is CCC(CC)NCc1cccnc1-n1ccnc1C. The highest BCUT2D eigenvalue weighted by Crippen LogP contribution is 2.13. The van der Waals surface area contributed by atoms with Crippen LogP contribution in [0.5, 0.6) is 0 Å². The van der Waals surface area contributed by atoms with E-state index >= 15 is 0 Å². The van der Waals surface area contributed by atoms with Crippen LogP contribution in [0.4, 0.5) is 0 Å². The Bertz CT molecular complexity index is 514. The monoisotopic (exact) mass is 258 g/mol. The van der Waals surface area contributed by atoms with Gasteiger partial charge in [-0.3, -0.25) is 4.57 Å². The van der Waals surface area contributed by atoms with E-state index < -0.39 is 0 Å². The fourth-order valence-corrected chi connectivity index (χ4v) is 2.22. The summed E-state index contributed by atoms with van der Waals surface area (Å²) in [6.07, 6.45) is 7.89. The second-order valence-electron chi connectivity index (χ2n) is 4.72. The number of aryl methyl sites for hydroxylation is 1. The number of nitrogens with zero attached hydrogens (tertiary/aromatic N) is 3. The minimum atomic E-state index is 0.567. The van der Waals surface area contributed by atoms with Gasteiger partial charge in [0.15, 0.2) is 0 Å². The molecule has 0 atom stereocenters. The van der Waals surface area contributed by atoms with Gasteiger partial charge in [0.1, 0.15) is 11.6 Å². The van der Waals surface area contributed by atoms with Crippen molar-refractivity contribution in [2.24, 2.45) is 0 Å². The van der Waals surface area contributed by atoms with E-state index in [1.54, 1.807) is 0 Å². The minimum absolute atomic E-state index is 0.567. The fraction of sp³-hybridized carbons (Fsp3) is 0.467. The van der Waals surface area contributed by atoms with Crippen molar-refractivity contribution in [2.75, 3.05) is 0 Å². The van der Waals surface area contributed by atoms with Crippen molar-refractivity contribution in [3.05, 3.63) is 42.1 Å². The number of aromatic nitrogens is 3. The van der Waals surface area contributed by atoms with Crippen LogP contribution in [-0.2, 0) is 6.54 Å². The van der Waals surface area contributed by atoms with Crippen molar-refractivity contribution in [1.82, 2.24) is 19.9 Å². The summed E-state index contributed by atoms with van der Waals surface area (Å²) >= 11 is 0. The molecule has 4 nitrogen and oxygen atoms in total. The van der Waals surface area contributed by atoms with Crippen LogP contribution in [0, 0.1) is 6.92 Å². The highest BCUT2D eigenvalue weighted by molar-refractivity contribution is 5.34. The number of hydrogen-bond donors (Lipinski definition) is 1. The molecular weight excluding hydrogens is 236 g/mol. The fourth-order valence-electron chi connectivity index (χ4n) is 2.22. The lowest BCUT2D eigenvalue weighted by atomic mass is 10.1. The number of pyridine rings is 1. The molecule has 0 saturated carbocycles. The molecule has 0 fully saturated rings. The number of rotatable bonds is 6. The zero-order valence-corrected chi connectivity index (χ0v) is 11.9. The molecule has 0 spiro atoms. The van der Waals surface area contributed by atoms with Gasteiger partial charge in [0.05, 0.1) is 0 Å². The number of hydrogen-bond acceptors (Lipinski definition) is 3. The third-order valence-corrected chi connectivity index (χ3v) is 3.49. The molecule has 0 aliphatic carbocycles. The quantitative estimate of drug-likeness (QED) is 0.866. The Balaban J connectivity index is 2.20. The molecular formula is C15H22N4. The highest BCUT2D eigenvalue weighted by Gasteiger charge is 2.09. The average molecular weight is 258 g/mol. The lowest BCUT2D eigenvalue weighted by Crippen LogP contribution is -2.27. The lowest BCUT2D eigenvalue weighted by Gasteiger charge is -2.16. The molecule has 2 aromatic rings. The minimum Gasteiger partial charge on any atom is -0.310 e. The third kappa shape index (κ3) is 3.20. The van der Waals surface area contributed by atoms with Gasteiger partial charge in [-0.05, 0) is 25.8 Å². The third-order valence-electron chi connectivity index (χ3n) is 3.49. The summed E-state index contributed by atoms with van der Waals surface area (Å²) in [7, 11) is 0. The van der Waals surface area contributed by atoms with Crippen molar-refractivity contribution in [1.29, 1.82) is 0 Å². The predicted octanol–water partition coefficient (Wildman–Crippen LogP) is 2.85. The molecule has 0 radical (unpaired) electrons.